The highest BCUT2D eigenvalue weighted by atomic mass is 79.9. The minimum absolute atomic E-state index is 0.0776. The molecule has 8 heteroatoms. The highest BCUT2D eigenvalue weighted by Crippen LogP contribution is 2.23. The van der Waals surface area contributed by atoms with Crippen molar-refractivity contribution in [2.24, 2.45) is 0 Å². The van der Waals surface area contributed by atoms with E-state index in [0.29, 0.717) is 11.4 Å². The van der Waals surface area contributed by atoms with Gasteiger partial charge in [-0.25, -0.2) is 8.42 Å². The monoisotopic (exact) mass is 488 g/mol. The van der Waals surface area contributed by atoms with E-state index in [4.69, 9.17) is 4.74 Å². The Bertz CT molecular complexity index is 1100. The van der Waals surface area contributed by atoms with Crippen molar-refractivity contribution in [1.82, 2.24) is 4.72 Å². The van der Waals surface area contributed by atoms with Gasteiger partial charge >= 0.3 is 0 Å². The molecule has 0 fully saturated rings. The second kappa shape index (κ2) is 9.88. The van der Waals surface area contributed by atoms with Gasteiger partial charge in [0, 0.05) is 4.47 Å². The minimum Gasteiger partial charge on any atom is -0.495 e. The predicted octanol–water partition coefficient (Wildman–Crippen LogP) is 3.99. The number of rotatable bonds is 8. The van der Waals surface area contributed by atoms with E-state index < -0.39 is 22.0 Å². The summed E-state index contributed by atoms with van der Waals surface area (Å²) in [6, 6.07) is 21.4. The maximum Gasteiger partial charge on any atom is 0.243 e. The summed E-state index contributed by atoms with van der Waals surface area (Å²) in [5, 5.41) is 2.77. The van der Waals surface area contributed by atoms with Gasteiger partial charge in [0.15, 0.2) is 0 Å². The van der Waals surface area contributed by atoms with E-state index in [0.717, 1.165) is 10.0 Å². The largest absolute Gasteiger partial charge is 0.495 e. The van der Waals surface area contributed by atoms with E-state index in [9.17, 15) is 13.2 Å². The van der Waals surface area contributed by atoms with Crippen LogP contribution in [0.15, 0.2) is 88.2 Å². The average molecular weight is 489 g/mol. The number of para-hydroxylation sites is 2. The Balaban J connectivity index is 1.88. The number of anilines is 1. The normalized spacial score (nSPS) is 12.2. The Morgan fingerprint density at radius 1 is 0.967 bits per heavy atom. The molecule has 0 heterocycles. The number of ether oxygens (including phenoxy) is 1. The van der Waals surface area contributed by atoms with Gasteiger partial charge in [-0.1, -0.05) is 58.4 Å². The van der Waals surface area contributed by atoms with E-state index in [1.165, 1.54) is 19.2 Å². The van der Waals surface area contributed by atoms with Crippen LogP contribution in [0.3, 0.4) is 0 Å². The number of carbonyl (C=O) groups excluding carboxylic acids is 1. The topological polar surface area (TPSA) is 84.5 Å². The minimum atomic E-state index is -3.91. The Hall–Kier alpha value is -2.68. The zero-order chi connectivity index (χ0) is 21.6. The first-order chi connectivity index (χ1) is 14.4. The molecule has 0 radical (unpaired) electrons. The second-order valence-electron chi connectivity index (χ2n) is 6.51. The van der Waals surface area contributed by atoms with Gasteiger partial charge < -0.3 is 10.1 Å². The van der Waals surface area contributed by atoms with Gasteiger partial charge in [-0.15, -0.1) is 0 Å². The smallest absolute Gasteiger partial charge is 0.243 e. The first kappa shape index (κ1) is 22.0. The molecule has 3 rings (SSSR count). The van der Waals surface area contributed by atoms with Gasteiger partial charge in [0.2, 0.25) is 15.9 Å². The lowest BCUT2D eigenvalue weighted by atomic mass is 10.1. The van der Waals surface area contributed by atoms with Crippen LogP contribution in [0.4, 0.5) is 5.69 Å². The van der Waals surface area contributed by atoms with Gasteiger partial charge in [0.05, 0.1) is 17.7 Å². The summed E-state index contributed by atoms with van der Waals surface area (Å²) >= 11 is 3.29. The van der Waals surface area contributed by atoms with Crippen LogP contribution in [0.25, 0.3) is 0 Å². The number of hydrogen-bond donors (Lipinski definition) is 2. The maximum absolute atomic E-state index is 13.0. The Labute approximate surface area is 184 Å². The van der Waals surface area contributed by atoms with Crippen molar-refractivity contribution in [3.05, 3.63) is 88.9 Å². The van der Waals surface area contributed by atoms with Crippen LogP contribution in [-0.4, -0.2) is 27.5 Å². The van der Waals surface area contributed by atoms with Crippen LogP contribution in [-0.2, 0) is 21.2 Å². The van der Waals surface area contributed by atoms with Crippen LogP contribution < -0.4 is 14.8 Å². The van der Waals surface area contributed by atoms with E-state index >= 15 is 0 Å². The maximum atomic E-state index is 13.0. The molecular formula is C22H21BrN2O4S. The number of carbonyl (C=O) groups is 1. The van der Waals surface area contributed by atoms with Crippen molar-refractivity contribution in [3.63, 3.8) is 0 Å². The molecule has 0 aliphatic rings. The fourth-order valence-electron chi connectivity index (χ4n) is 2.87. The zero-order valence-corrected chi connectivity index (χ0v) is 18.6. The van der Waals surface area contributed by atoms with Crippen LogP contribution in [0, 0.1) is 0 Å². The second-order valence-corrected chi connectivity index (χ2v) is 9.14. The van der Waals surface area contributed by atoms with Crippen molar-refractivity contribution >= 4 is 37.5 Å². The van der Waals surface area contributed by atoms with Crippen molar-refractivity contribution in [3.8, 4) is 5.75 Å². The lowest BCUT2D eigenvalue weighted by Gasteiger charge is -2.19. The number of amides is 1. The molecule has 0 aliphatic heterocycles. The Morgan fingerprint density at radius 2 is 1.60 bits per heavy atom. The summed E-state index contributed by atoms with van der Waals surface area (Å²) in [5.41, 5.74) is 1.29. The lowest BCUT2D eigenvalue weighted by molar-refractivity contribution is -0.117. The molecule has 0 spiro atoms. The van der Waals surface area contributed by atoms with Crippen molar-refractivity contribution < 1.29 is 17.9 Å². The van der Waals surface area contributed by atoms with E-state index in [1.807, 2.05) is 30.3 Å². The summed E-state index contributed by atoms with van der Waals surface area (Å²) in [6.45, 7) is 0. The van der Waals surface area contributed by atoms with Crippen molar-refractivity contribution in [2.45, 2.75) is 17.4 Å². The molecule has 1 amide bonds. The number of nitrogens with one attached hydrogen (secondary N) is 2. The van der Waals surface area contributed by atoms with Gasteiger partial charge in [0.25, 0.3) is 0 Å². The first-order valence-electron chi connectivity index (χ1n) is 9.15. The predicted molar refractivity (Wildman–Crippen MR) is 120 cm³/mol. The number of halogens is 1. The summed E-state index contributed by atoms with van der Waals surface area (Å²) in [4.78, 5) is 13.1. The van der Waals surface area contributed by atoms with Crippen LogP contribution in [0.5, 0.6) is 5.75 Å². The summed E-state index contributed by atoms with van der Waals surface area (Å²) in [7, 11) is -2.41. The highest BCUT2D eigenvalue weighted by molar-refractivity contribution is 9.10. The summed E-state index contributed by atoms with van der Waals surface area (Å²) in [6.07, 6.45) is 0.192. The molecule has 156 valence electrons. The van der Waals surface area contributed by atoms with Gasteiger partial charge in [-0.3, -0.25) is 4.79 Å². The molecule has 0 aromatic heterocycles. The van der Waals surface area contributed by atoms with Gasteiger partial charge in [0.1, 0.15) is 11.8 Å². The van der Waals surface area contributed by atoms with Crippen LogP contribution in [0.2, 0.25) is 0 Å². The molecule has 3 aromatic carbocycles. The molecular weight excluding hydrogens is 468 g/mol. The Morgan fingerprint density at radius 3 is 2.27 bits per heavy atom. The number of benzene rings is 3. The third-order valence-electron chi connectivity index (χ3n) is 4.39. The molecule has 0 aliphatic carbocycles. The van der Waals surface area contributed by atoms with Crippen molar-refractivity contribution in [2.75, 3.05) is 12.4 Å². The van der Waals surface area contributed by atoms with E-state index in [1.54, 1.807) is 36.4 Å². The molecule has 0 unspecified atom stereocenters. The SMILES string of the molecule is COc1ccccc1NC(=O)[C@H](Cc1ccccc1)NS(=O)(=O)c1ccc(Br)cc1. The third kappa shape index (κ3) is 5.69. The first-order valence-corrected chi connectivity index (χ1v) is 11.4. The quantitative estimate of drug-likeness (QED) is 0.502. The number of hydrogen-bond acceptors (Lipinski definition) is 4. The Kier molecular flexibility index (Phi) is 7.25. The molecule has 0 bridgehead atoms. The highest BCUT2D eigenvalue weighted by Gasteiger charge is 2.26. The molecule has 30 heavy (non-hydrogen) atoms. The van der Waals surface area contributed by atoms with E-state index in [-0.39, 0.29) is 11.3 Å². The van der Waals surface area contributed by atoms with Crippen LogP contribution in [0.1, 0.15) is 5.56 Å². The fourth-order valence-corrected chi connectivity index (χ4v) is 4.33. The number of sulfonamides is 1. The third-order valence-corrected chi connectivity index (χ3v) is 6.40. The average Bonchev–Trinajstić information content (AvgIpc) is 2.74. The zero-order valence-electron chi connectivity index (χ0n) is 16.2. The van der Waals surface area contributed by atoms with Gasteiger partial charge in [-0.2, -0.15) is 4.72 Å². The fraction of sp³-hybridized carbons (Fsp3) is 0.136. The summed E-state index contributed by atoms with van der Waals surface area (Å²) < 4.78 is 34.4. The molecule has 1 atom stereocenters. The molecule has 0 saturated heterocycles. The van der Waals surface area contributed by atoms with Crippen molar-refractivity contribution in [1.29, 1.82) is 0 Å². The molecule has 2 N–H and O–H groups in total. The van der Waals surface area contributed by atoms with Crippen LogP contribution >= 0.6 is 15.9 Å². The molecule has 6 nitrogen and oxygen atoms in total. The molecule has 3 aromatic rings. The van der Waals surface area contributed by atoms with Gasteiger partial charge in [-0.05, 0) is 48.4 Å². The van der Waals surface area contributed by atoms with E-state index in [2.05, 4.69) is 26.0 Å². The summed E-state index contributed by atoms with van der Waals surface area (Å²) in [5.74, 6) is 0.00381. The lowest BCUT2D eigenvalue weighted by Crippen LogP contribution is -2.45. The molecule has 0 saturated carbocycles. The number of methoxy groups -OCH3 is 1. The standard InChI is InChI=1S/C22H21BrN2O4S/c1-29-21-10-6-5-9-19(21)24-22(26)20(15-16-7-3-2-4-8-16)25-30(27,28)18-13-11-17(23)12-14-18/h2-14,20,25H,15H2,1H3,(H,24,26)/t20-/m0/s1.